The van der Waals surface area contributed by atoms with Crippen LogP contribution >= 0.6 is 11.3 Å². The van der Waals surface area contributed by atoms with E-state index in [0.29, 0.717) is 0 Å². The van der Waals surface area contributed by atoms with Gasteiger partial charge in [-0.05, 0) is 13.8 Å². The molecule has 0 atom stereocenters. The fraction of sp³-hybridized carbons (Fsp3) is 0.333. The number of rotatable bonds is 3. The molecule has 2 aromatic rings. The van der Waals surface area contributed by atoms with E-state index in [-0.39, 0.29) is 0 Å². The first-order chi connectivity index (χ1) is 6.81. The molecule has 4 nitrogen and oxygen atoms in total. The molecular weight excluding hydrogens is 198 g/mol. The van der Waals surface area contributed by atoms with Gasteiger partial charge in [0.1, 0.15) is 5.76 Å². The number of nitrogens with one attached hydrogen (secondary N) is 1. The SMILES string of the molecule is CCNc1nc(-c2cnoc2C)cs1. The lowest BCUT2D eigenvalue weighted by molar-refractivity contribution is 0.398. The second kappa shape index (κ2) is 3.79. The summed E-state index contributed by atoms with van der Waals surface area (Å²) in [7, 11) is 0. The zero-order valence-electron chi connectivity index (χ0n) is 8.07. The monoisotopic (exact) mass is 209 g/mol. The fourth-order valence-electron chi connectivity index (χ4n) is 1.17. The normalized spacial score (nSPS) is 10.4. The predicted octanol–water partition coefficient (Wildman–Crippen LogP) is 2.54. The molecule has 74 valence electrons. The Bertz CT molecular complexity index is 421. The zero-order chi connectivity index (χ0) is 9.97. The third-order valence-electron chi connectivity index (χ3n) is 1.86. The van der Waals surface area contributed by atoms with Crippen LogP contribution < -0.4 is 5.32 Å². The maximum absolute atomic E-state index is 4.98. The van der Waals surface area contributed by atoms with Crippen molar-refractivity contribution in [1.29, 1.82) is 0 Å². The predicted molar refractivity (Wildman–Crippen MR) is 56.5 cm³/mol. The molecule has 0 aliphatic heterocycles. The summed E-state index contributed by atoms with van der Waals surface area (Å²) in [6, 6.07) is 0. The van der Waals surface area contributed by atoms with Crippen molar-refractivity contribution in [2.75, 3.05) is 11.9 Å². The van der Waals surface area contributed by atoms with Gasteiger partial charge in [-0.3, -0.25) is 0 Å². The quantitative estimate of drug-likeness (QED) is 0.844. The zero-order valence-corrected chi connectivity index (χ0v) is 8.89. The van der Waals surface area contributed by atoms with Gasteiger partial charge in [0.05, 0.1) is 17.5 Å². The number of anilines is 1. The Morgan fingerprint density at radius 2 is 2.43 bits per heavy atom. The number of hydrogen-bond acceptors (Lipinski definition) is 5. The highest BCUT2D eigenvalue weighted by molar-refractivity contribution is 7.14. The molecule has 2 heterocycles. The molecule has 0 amide bonds. The molecular formula is C9H11N3OS. The Hall–Kier alpha value is -1.36. The van der Waals surface area contributed by atoms with Crippen molar-refractivity contribution in [3.8, 4) is 11.3 Å². The highest BCUT2D eigenvalue weighted by Gasteiger charge is 2.09. The lowest BCUT2D eigenvalue weighted by atomic mass is 10.2. The molecule has 5 heteroatoms. The van der Waals surface area contributed by atoms with Gasteiger partial charge in [-0.15, -0.1) is 11.3 Å². The summed E-state index contributed by atoms with van der Waals surface area (Å²) in [4.78, 5) is 4.41. The second-order valence-electron chi connectivity index (χ2n) is 2.86. The van der Waals surface area contributed by atoms with Crippen molar-refractivity contribution in [3.63, 3.8) is 0 Å². The maximum atomic E-state index is 4.98. The Morgan fingerprint density at radius 1 is 1.57 bits per heavy atom. The number of nitrogens with zero attached hydrogens (tertiary/aromatic N) is 2. The van der Waals surface area contributed by atoms with Crippen LogP contribution in [-0.4, -0.2) is 16.7 Å². The van der Waals surface area contributed by atoms with Crippen molar-refractivity contribution < 1.29 is 4.52 Å². The Morgan fingerprint density at radius 3 is 3.07 bits per heavy atom. The standard InChI is InChI=1S/C9H11N3OS/c1-3-10-9-12-8(5-14-9)7-4-11-13-6(7)2/h4-5H,3H2,1-2H3,(H,10,12). The summed E-state index contributed by atoms with van der Waals surface area (Å²) in [5, 5.41) is 9.82. The number of aryl methyl sites for hydroxylation is 1. The van der Waals surface area contributed by atoms with Gasteiger partial charge < -0.3 is 9.84 Å². The van der Waals surface area contributed by atoms with Crippen LogP contribution in [-0.2, 0) is 0 Å². The van der Waals surface area contributed by atoms with Gasteiger partial charge in [0.25, 0.3) is 0 Å². The minimum absolute atomic E-state index is 0.804. The lowest BCUT2D eigenvalue weighted by Gasteiger charge is -1.94. The van der Waals surface area contributed by atoms with Gasteiger partial charge in [-0.2, -0.15) is 0 Å². The number of thiazole rings is 1. The van der Waals surface area contributed by atoms with Gasteiger partial charge in [-0.25, -0.2) is 4.98 Å². The van der Waals surface area contributed by atoms with Crippen LogP contribution in [0.4, 0.5) is 5.13 Å². The molecule has 0 aliphatic carbocycles. The van der Waals surface area contributed by atoms with Gasteiger partial charge in [-0.1, -0.05) is 5.16 Å². The molecule has 0 radical (unpaired) electrons. The van der Waals surface area contributed by atoms with Crippen molar-refractivity contribution in [3.05, 3.63) is 17.3 Å². The summed E-state index contributed by atoms with van der Waals surface area (Å²) >= 11 is 1.59. The third kappa shape index (κ3) is 1.63. The van der Waals surface area contributed by atoms with Gasteiger partial charge in [0.2, 0.25) is 0 Å². The van der Waals surface area contributed by atoms with Crippen LogP contribution in [0, 0.1) is 6.92 Å². The molecule has 0 unspecified atom stereocenters. The van der Waals surface area contributed by atoms with Crippen LogP contribution in [0.1, 0.15) is 12.7 Å². The molecule has 0 saturated heterocycles. The van der Waals surface area contributed by atoms with Crippen LogP contribution in [0.15, 0.2) is 16.1 Å². The average Bonchev–Trinajstić information content (AvgIpc) is 2.74. The Balaban J connectivity index is 2.29. The fourth-order valence-corrected chi connectivity index (χ4v) is 1.96. The van der Waals surface area contributed by atoms with Crippen LogP contribution in [0.25, 0.3) is 11.3 Å². The van der Waals surface area contributed by atoms with Crippen molar-refractivity contribution in [2.24, 2.45) is 0 Å². The third-order valence-corrected chi connectivity index (χ3v) is 2.66. The number of hydrogen-bond donors (Lipinski definition) is 1. The van der Waals surface area contributed by atoms with Crippen molar-refractivity contribution in [1.82, 2.24) is 10.1 Å². The Kier molecular flexibility index (Phi) is 2.49. The minimum Gasteiger partial charge on any atom is -0.362 e. The maximum Gasteiger partial charge on any atom is 0.183 e. The first-order valence-electron chi connectivity index (χ1n) is 4.42. The molecule has 0 saturated carbocycles. The molecule has 2 aromatic heterocycles. The minimum atomic E-state index is 0.804. The first-order valence-corrected chi connectivity index (χ1v) is 5.30. The van der Waals surface area contributed by atoms with Gasteiger partial charge >= 0.3 is 0 Å². The number of aromatic nitrogens is 2. The molecule has 0 bridgehead atoms. The van der Waals surface area contributed by atoms with E-state index in [9.17, 15) is 0 Å². The molecule has 2 rings (SSSR count). The topological polar surface area (TPSA) is 51.0 Å². The van der Waals surface area contributed by atoms with Crippen molar-refractivity contribution in [2.45, 2.75) is 13.8 Å². The average molecular weight is 209 g/mol. The summed E-state index contributed by atoms with van der Waals surface area (Å²) in [6.45, 7) is 4.82. The second-order valence-corrected chi connectivity index (χ2v) is 3.72. The van der Waals surface area contributed by atoms with Crippen LogP contribution in [0.2, 0.25) is 0 Å². The van der Waals surface area contributed by atoms with E-state index in [4.69, 9.17) is 4.52 Å². The molecule has 0 aliphatic rings. The summed E-state index contributed by atoms with van der Waals surface area (Å²) in [5.41, 5.74) is 1.88. The van der Waals surface area contributed by atoms with E-state index in [0.717, 1.165) is 28.7 Å². The molecule has 0 spiro atoms. The molecule has 1 N–H and O–H groups in total. The molecule has 14 heavy (non-hydrogen) atoms. The first kappa shape index (κ1) is 9.21. The smallest absolute Gasteiger partial charge is 0.183 e. The van der Waals surface area contributed by atoms with E-state index in [1.807, 2.05) is 19.2 Å². The van der Waals surface area contributed by atoms with E-state index in [2.05, 4.69) is 15.5 Å². The summed E-state index contributed by atoms with van der Waals surface area (Å²) in [5.74, 6) is 0.804. The lowest BCUT2D eigenvalue weighted by Crippen LogP contribution is -1.94. The van der Waals surface area contributed by atoms with Crippen molar-refractivity contribution >= 4 is 16.5 Å². The van der Waals surface area contributed by atoms with E-state index >= 15 is 0 Å². The molecule has 0 fully saturated rings. The largest absolute Gasteiger partial charge is 0.362 e. The van der Waals surface area contributed by atoms with Crippen LogP contribution in [0.3, 0.4) is 0 Å². The highest BCUT2D eigenvalue weighted by Crippen LogP contribution is 2.26. The van der Waals surface area contributed by atoms with E-state index in [1.165, 1.54) is 0 Å². The highest BCUT2D eigenvalue weighted by atomic mass is 32.1. The summed E-state index contributed by atoms with van der Waals surface area (Å²) < 4.78 is 4.98. The Labute approximate surface area is 86.0 Å². The molecule has 0 aromatic carbocycles. The van der Waals surface area contributed by atoms with E-state index < -0.39 is 0 Å². The van der Waals surface area contributed by atoms with E-state index in [1.54, 1.807) is 17.5 Å². The summed E-state index contributed by atoms with van der Waals surface area (Å²) in [6.07, 6.45) is 1.69. The van der Waals surface area contributed by atoms with Crippen LogP contribution in [0.5, 0.6) is 0 Å². The van der Waals surface area contributed by atoms with Gasteiger partial charge in [0, 0.05) is 11.9 Å². The van der Waals surface area contributed by atoms with Gasteiger partial charge in [0.15, 0.2) is 5.13 Å².